The summed E-state index contributed by atoms with van der Waals surface area (Å²) in [5, 5.41) is 18.8. The van der Waals surface area contributed by atoms with Crippen LogP contribution in [-0.4, -0.2) is 90.2 Å². The Morgan fingerprint density at radius 1 is 1.09 bits per heavy atom. The number of alkyl halides is 3. The molecule has 0 bridgehead atoms. The van der Waals surface area contributed by atoms with Crippen molar-refractivity contribution in [1.82, 2.24) is 19.0 Å². The van der Waals surface area contributed by atoms with Crippen LogP contribution in [0.5, 0.6) is 0 Å². The largest absolute Gasteiger partial charge is 0.416 e. The minimum atomic E-state index is -4.49. The molecule has 1 unspecified atom stereocenters. The zero-order chi connectivity index (χ0) is 31.8. The van der Waals surface area contributed by atoms with E-state index in [1.165, 1.54) is 16.4 Å². The van der Waals surface area contributed by atoms with Gasteiger partial charge in [0.2, 0.25) is 10.0 Å². The van der Waals surface area contributed by atoms with E-state index in [9.17, 15) is 31.5 Å². The van der Waals surface area contributed by atoms with Crippen molar-refractivity contribution < 1.29 is 31.5 Å². The number of nitrogens with zero attached hydrogens (tertiary/aromatic N) is 5. The fourth-order valence-electron chi connectivity index (χ4n) is 5.73. The number of amides is 2. The van der Waals surface area contributed by atoms with Crippen molar-refractivity contribution in [1.29, 1.82) is 0 Å². The Labute approximate surface area is 258 Å². The number of para-hydroxylation sites is 1. The Hall–Kier alpha value is -3.37. The zero-order valence-electron chi connectivity index (χ0n) is 23.9. The number of carbonyl (C=O) groups is 1. The van der Waals surface area contributed by atoms with E-state index in [-0.39, 0.29) is 19.6 Å². The molecule has 44 heavy (non-hydrogen) atoms. The second-order valence-electron chi connectivity index (χ2n) is 10.9. The first kappa shape index (κ1) is 32.0. The number of anilines is 2. The zero-order valence-corrected chi connectivity index (χ0v) is 25.5. The predicted molar refractivity (Wildman–Crippen MR) is 161 cm³/mol. The second-order valence-corrected chi connectivity index (χ2v) is 13.3. The van der Waals surface area contributed by atoms with Gasteiger partial charge in [0.15, 0.2) is 0 Å². The Kier molecular flexibility index (Phi) is 9.14. The molecule has 0 spiro atoms. The molecule has 16 heteroatoms. The van der Waals surface area contributed by atoms with Crippen molar-refractivity contribution in [3.8, 4) is 11.3 Å². The monoisotopic (exact) mass is 655 g/mol. The highest BCUT2D eigenvalue weighted by atomic mass is 35.5. The second kappa shape index (κ2) is 12.6. The number of aliphatic hydroxyl groups excluding tert-OH is 1. The van der Waals surface area contributed by atoms with Gasteiger partial charge in [-0.15, -0.1) is 0 Å². The van der Waals surface area contributed by atoms with Crippen LogP contribution in [0.25, 0.3) is 11.3 Å². The average molecular weight is 656 g/mol. The number of aromatic nitrogens is 2. The number of fused-ring (bicyclic) bond motifs is 1. The summed E-state index contributed by atoms with van der Waals surface area (Å²) < 4.78 is 67.0. The highest BCUT2D eigenvalue weighted by Gasteiger charge is 2.33. The number of benzene rings is 2. The minimum Gasteiger partial charge on any atom is -0.390 e. The summed E-state index contributed by atoms with van der Waals surface area (Å²) in [6.07, 6.45) is -3.85. The molecular formula is C28H33ClF3N7O4S. The number of nitrogens with two attached hydrogens (primary N) is 1. The number of sulfonamides is 1. The smallest absolute Gasteiger partial charge is 0.390 e. The third-order valence-electron chi connectivity index (χ3n) is 7.84. The lowest BCUT2D eigenvalue weighted by molar-refractivity contribution is -0.137. The van der Waals surface area contributed by atoms with Crippen molar-refractivity contribution in [3.05, 3.63) is 64.3 Å². The molecule has 1 aromatic heterocycles. The maximum atomic E-state index is 13.2. The van der Waals surface area contributed by atoms with Gasteiger partial charge < -0.3 is 21.1 Å². The predicted octanol–water partition coefficient (Wildman–Crippen LogP) is 3.21. The highest BCUT2D eigenvalue weighted by molar-refractivity contribution is 7.88. The Morgan fingerprint density at radius 2 is 1.77 bits per heavy atom. The number of hydrogen-bond acceptors (Lipinski definition) is 7. The fourth-order valence-corrected chi connectivity index (χ4v) is 6.81. The first-order valence-electron chi connectivity index (χ1n) is 13.9. The third-order valence-corrected chi connectivity index (χ3v) is 9.39. The quantitative estimate of drug-likeness (QED) is 0.339. The summed E-state index contributed by atoms with van der Waals surface area (Å²) >= 11 is 6.44. The molecule has 1 atom stereocenters. The lowest BCUT2D eigenvalue weighted by Gasteiger charge is -2.38. The molecule has 5 rings (SSSR count). The molecular weight excluding hydrogens is 623 g/mol. The molecule has 2 aliphatic rings. The molecule has 2 amide bonds. The summed E-state index contributed by atoms with van der Waals surface area (Å²) in [5.74, 6) is 0. The van der Waals surface area contributed by atoms with E-state index in [0.717, 1.165) is 24.1 Å². The summed E-state index contributed by atoms with van der Waals surface area (Å²) in [7, 11) is -3.51. The molecule has 3 aromatic rings. The van der Waals surface area contributed by atoms with Gasteiger partial charge in [-0.1, -0.05) is 29.8 Å². The lowest BCUT2D eigenvalue weighted by atomic mass is 10.0. The standard InChI is InChI=1S/C28H33ClF3N7O4S/c1-44(42,43)38-10-9-24-21(17-38)25(18-5-7-19(8-6-18)28(30,31)32)35-39(24)16-20(40)15-36-11-13-37(14-12-36)26-22(29)3-2-4-23(26)34-27(33)41/h2-8,20,40H,9-17H2,1H3,(H3,33,34,41). The van der Waals surface area contributed by atoms with Gasteiger partial charge in [-0.2, -0.15) is 22.6 Å². The molecule has 3 heterocycles. The third kappa shape index (κ3) is 7.12. The normalized spacial score (nSPS) is 17.4. The van der Waals surface area contributed by atoms with Gasteiger partial charge in [0.25, 0.3) is 0 Å². The van der Waals surface area contributed by atoms with E-state index in [1.807, 2.05) is 4.90 Å². The Bertz CT molecular complexity index is 1630. The average Bonchev–Trinajstić information content (AvgIpc) is 3.30. The molecule has 0 saturated carbocycles. The number of urea groups is 1. The first-order chi connectivity index (χ1) is 20.7. The van der Waals surface area contributed by atoms with E-state index < -0.39 is 33.9 Å². The Morgan fingerprint density at radius 3 is 2.39 bits per heavy atom. The van der Waals surface area contributed by atoms with Gasteiger partial charge in [-0.05, 0) is 24.3 Å². The number of primary amides is 1. The molecule has 11 nitrogen and oxygen atoms in total. The molecule has 2 aromatic carbocycles. The minimum absolute atomic E-state index is 0.0389. The van der Waals surface area contributed by atoms with Gasteiger partial charge in [-0.25, -0.2) is 13.2 Å². The molecule has 0 radical (unpaired) electrons. The number of hydrogen-bond donors (Lipinski definition) is 3. The number of nitrogens with one attached hydrogen (secondary N) is 1. The molecule has 1 fully saturated rings. The van der Waals surface area contributed by atoms with Crippen LogP contribution in [-0.2, 0) is 35.7 Å². The Balaban J connectivity index is 1.30. The SMILES string of the molecule is CS(=O)(=O)N1CCc2c(c(-c3ccc(C(F)(F)F)cc3)nn2CC(O)CN2CCN(c3c(Cl)cccc3NC(N)=O)CC2)C1. The number of β-amino-alcohol motifs (C(OH)–C–C–N with tert-alkyl or cyclic N) is 1. The first-order valence-corrected chi connectivity index (χ1v) is 16.1. The van der Waals surface area contributed by atoms with Crippen LogP contribution >= 0.6 is 11.6 Å². The summed E-state index contributed by atoms with van der Waals surface area (Å²) in [5.41, 5.74) is 7.89. The van der Waals surface area contributed by atoms with E-state index in [2.05, 4.69) is 15.3 Å². The molecule has 4 N–H and O–H groups in total. The van der Waals surface area contributed by atoms with Gasteiger partial charge in [-0.3, -0.25) is 9.58 Å². The van der Waals surface area contributed by atoms with Crippen molar-refractivity contribution in [3.63, 3.8) is 0 Å². The van der Waals surface area contributed by atoms with Crippen LogP contribution < -0.4 is 16.0 Å². The maximum absolute atomic E-state index is 13.2. The van der Waals surface area contributed by atoms with Crippen LogP contribution in [0.15, 0.2) is 42.5 Å². The maximum Gasteiger partial charge on any atom is 0.416 e. The summed E-state index contributed by atoms with van der Waals surface area (Å²) in [4.78, 5) is 15.6. The van der Waals surface area contributed by atoms with Crippen LogP contribution in [0.1, 0.15) is 16.8 Å². The van der Waals surface area contributed by atoms with E-state index >= 15 is 0 Å². The van der Waals surface area contributed by atoms with Crippen molar-refractivity contribution in [2.75, 3.05) is 55.7 Å². The van der Waals surface area contributed by atoms with E-state index in [1.54, 1.807) is 22.9 Å². The van der Waals surface area contributed by atoms with Crippen LogP contribution in [0.4, 0.5) is 29.3 Å². The number of aliphatic hydroxyl groups is 1. The van der Waals surface area contributed by atoms with E-state index in [4.69, 9.17) is 17.3 Å². The van der Waals surface area contributed by atoms with Crippen LogP contribution in [0, 0.1) is 0 Å². The number of rotatable bonds is 8. The lowest BCUT2D eigenvalue weighted by Crippen LogP contribution is -2.49. The summed E-state index contributed by atoms with van der Waals surface area (Å²) in [6, 6.07) is 9.09. The van der Waals surface area contributed by atoms with Crippen molar-refractivity contribution in [2.45, 2.75) is 31.8 Å². The van der Waals surface area contributed by atoms with Gasteiger partial charge in [0.05, 0.1) is 46.6 Å². The highest BCUT2D eigenvalue weighted by Crippen LogP contribution is 2.36. The number of piperazine rings is 1. The van der Waals surface area contributed by atoms with Crippen LogP contribution in [0.3, 0.4) is 0 Å². The molecule has 0 aliphatic carbocycles. The van der Waals surface area contributed by atoms with E-state index in [0.29, 0.717) is 72.4 Å². The van der Waals surface area contributed by atoms with Crippen LogP contribution in [0.2, 0.25) is 5.02 Å². The number of carbonyl (C=O) groups excluding carboxylic acids is 1. The van der Waals surface area contributed by atoms with Gasteiger partial charge >= 0.3 is 12.2 Å². The fraction of sp³-hybridized carbons (Fsp3) is 0.429. The number of halogens is 4. The van der Waals surface area contributed by atoms with Gasteiger partial charge in [0, 0.05) is 69.1 Å². The topological polar surface area (TPSA) is 137 Å². The van der Waals surface area contributed by atoms with Crippen molar-refractivity contribution in [2.24, 2.45) is 5.73 Å². The molecule has 1 saturated heterocycles. The van der Waals surface area contributed by atoms with Gasteiger partial charge in [0.1, 0.15) is 0 Å². The van der Waals surface area contributed by atoms with Crippen molar-refractivity contribution >= 4 is 39.0 Å². The molecule has 238 valence electrons. The molecule has 2 aliphatic heterocycles. The summed E-state index contributed by atoms with van der Waals surface area (Å²) in [6.45, 7) is 3.11.